The van der Waals surface area contributed by atoms with Gasteiger partial charge < -0.3 is 4.74 Å². The van der Waals surface area contributed by atoms with Crippen LogP contribution in [0.5, 0.6) is 5.75 Å². The smallest absolute Gasteiger partial charge is 0.333 e. The highest BCUT2D eigenvalue weighted by atomic mass is 16.5. The number of para-hydroxylation sites is 1. The van der Waals surface area contributed by atoms with Crippen LogP contribution in [-0.4, -0.2) is 5.97 Å². The van der Waals surface area contributed by atoms with Crippen LogP contribution in [0.15, 0.2) is 24.3 Å². The van der Waals surface area contributed by atoms with Crippen LogP contribution in [-0.2, 0) is 10.2 Å². The van der Waals surface area contributed by atoms with Crippen LogP contribution in [0.25, 0.3) is 0 Å². The van der Waals surface area contributed by atoms with Gasteiger partial charge in [-0.25, -0.2) is 4.79 Å². The molecule has 84 valence electrons. The van der Waals surface area contributed by atoms with Gasteiger partial charge in [0, 0.05) is 11.0 Å². The second-order valence-electron chi connectivity index (χ2n) is 5.33. The van der Waals surface area contributed by atoms with Gasteiger partial charge in [0.1, 0.15) is 5.75 Å². The van der Waals surface area contributed by atoms with E-state index in [1.54, 1.807) is 0 Å². The molecule has 1 aromatic rings. The Balaban J connectivity index is 2.04. The number of nitriles is 1. The molecule has 3 saturated carbocycles. The standard InChI is InChI=1S/C14H11NO2/c15-8-14-9-5-6-13(14,7-9)10-3-1-2-4-11(10)17-12(14)16/h1-4,9H,5-7H2. The minimum Gasteiger partial charge on any atom is -0.425 e. The number of fused-ring (bicyclic) bond motifs is 2. The number of rotatable bonds is 0. The van der Waals surface area contributed by atoms with Crippen LogP contribution in [0.2, 0.25) is 0 Å². The van der Waals surface area contributed by atoms with Gasteiger partial charge in [0.25, 0.3) is 0 Å². The lowest BCUT2D eigenvalue weighted by Gasteiger charge is -2.54. The maximum atomic E-state index is 12.2. The van der Waals surface area contributed by atoms with Gasteiger partial charge >= 0.3 is 5.97 Å². The zero-order valence-corrected chi connectivity index (χ0v) is 9.27. The van der Waals surface area contributed by atoms with E-state index in [1.807, 2.05) is 24.3 Å². The molecular formula is C14H11NO2. The van der Waals surface area contributed by atoms with Gasteiger partial charge in [-0.05, 0) is 31.2 Å². The van der Waals surface area contributed by atoms with Gasteiger partial charge in [-0.2, -0.15) is 5.26 Å². The number of hydrogen-bond donors (Lipinski definition) is 0. The van der Waals surface area contributed by atoms with E-state index in [0.717, 1.165) is 24.8 Å². The third kappa shape index (κ3) is 0.717. The monoisotopic (exact) mass is 225 g/mol. The summed E-state index contributed by atoms with van der Waals surface area (Å²) in [6.07, 6.45) is 2.88. The summed E-state index contributed by atoms with van der Waals surface area (Å²) >= 11 is 0. The van der Waals surface area contributed by atoms with Gasteiger partial charge in [0.05, 0.1) is 6.07 Å². The molecule has 1 aromatic carbocycles. The van der Waals surface area contributed by atoms with E-state index in [-0.39, 0.29) is 17.3 Å². The molecule has 2 bridgehead atoms. The number of esters is 1. The Labute approximate surface area is 99.0 Å². The van der Waals surface area contributed by atoms with Gasteiger partial charge in [0.2, 0.25) is 0 Å². The van der Waals surface area contributed by atoms with Gasteiger partial charge in [-0.1, -0.05) is 18.2 Å². The first-order valence-corrected chi connectivity index (χ1v) is 5.98. The molecule has 3 unspecified atom stereocenters. The first-order valence-electron chi connectivity index (χ1n) is 5.98. The highest BCUT2D eigenvalue weighted by Gasteiger charge is 2.77. The molecule has 3 nitrogen and oxygen atoms in total. The van der Waals surface area contributed by atoms with Crippen molar-refractivity contribution in [1.29, 1.82) is 5.26 Å². The summed E-state index contributed by atoms with van der Waals surface area (Å²) in [5.74, 6) is 0.532. The lowest BCUT2D eigenvalue weighted by atomic mass is 9.46. The maximum Gasteiger partial charge on any atom is 0.333 e. The summed E-state index contributed by atoms with van der Waals surface area (Å²) in [4.78, 5) is 12.2. The van der Waals surface area contributed by atoms with Crippen molar-refractivity contribution in [3.8, 4) is 11.8 Å². The molecule has 0 radical (unpaired) electrons. The van der Waals surface area contributed by atoms with Crippen molar-refractivity contribution in [2.75, 3.05) is 0 Å². The van der Waals surface area contributed by atoms with E-state index in [0.29, 0.717) is 5.75 Å². The Bertz CT molecular complexity index is 584. The number of nitrogens with zero attached hydrogens (tertiary/aromatic N) is 1. The largest absolute Gasteiger partial charge is 0.425 e. The van der Waals surface area contributed by atoms with E-state index in [1.165, 1.54) is 0 Å². The van der Waals surface area contributed by atoms with Crippen LogP contribution >= 0.6 is 0 Å². The molecule has 3 aliphatic carbocycles. The number of carbonyl (C=O) groups excluding carboxylic acids is 1. The molecule has 4 aliphatic rings. The molecular weight excluding hydrogens is 214 g/mol. The molecule has 0 aromatic heterocycles. The normalized spacial score (nSPS) is 40.6. The van der Waals surface area contributed by atoms with Gasteiger partial charge in [-0.3, -0.25) is 0 Å². The van der Waals surface area contributed by atoms with Crippen LogP contribution in [0.4, 0.5) is 0 Å². The molecule has 0 amide bonds. The van der Waals surface area contributed by atoms with Crippen molar-refractivity contribution in [2.24, 2.45) is 11.3 Å². The average Bonchev–Trinajstić information content (AvgIpc) is 2.88. The molecule has 17 heavy (non-hydrogen) atoms. The highest BCUT2D eigenvalue weighted by molar-refractivity contribution is 5.90. The highest BCUT2D eigenvalue weighted by Crippen LogP contribution is 2.74. The van der Waals surface area contributed by atoms with Crippen molar-refractivity contribution >= 4 is 5.97 Å². The van der Waals surface area contributed by atoms with E-state index >= 15 is 0 Å². The van der Waals surface area contributed by atoms with Crippen molar-refractivity contribution in [1.82, 2.24) is 0 Å². The second-order valence-corrected chi connectivity index (χ2v) is 5.33. The van der Waals surface area contributed by atoms with Gasteiger partial charge in [0.15, 0.2) is 5.41 Å². The fourth-order valence-corrected chi connectivity index (χ4v) is 4.23. The first kappa shape index (κ1) is 9.23. The fourth-order valence-electron chi connectivity index (χ4n) is 4.23. The van der Waals surface area contributed by atoms with Crippen LogP contribution in [0.3, 0.4) is 0 Å². The summed E-state index contributed by atoms with van der Waals surface area (Å²) < 4.78 is 5.37. The second kappa shape index (κ2) is 2.53. The predicted octanol–water partition coefficient (Wildman–Crippen LogP) is 2.17. The third-order valence-electron chi connectivity index (χ3n) is 4.99. The molecule has 1 spiro atoms. The number of benzene rings is 1. The fraction of sp³-hybridized carbons (Fsp3) is 0.429. The van der Waals surface area contributed by atoms with Crippen LogP contribution in [0.1, 0.15) is 24.8 Å². The average molecular weight is 225 g/mol. The minimum atomic E-state index is -0.888. The molecule has 1 aliphatic heterocycles. The number of carbonyl (C=O) groups is 1. The molecule has 3 heteroatoms. The third-order valence-corrected chi connectivity index (χ3v) is 4.99. The molecule has 3 atom stereocenters. The Morgan fingerprint density at radius 2 is 2.24 bits per heavy atom. The summed E-state index contributed by atoms with van der Waals surface area (Å²) in [6.45, 7) is 0. The van der Waals surface area contributed by atoms with E-state index < -0.39 is 5.41 Å². The Hall–Kier alpha value is -1.82. The molecule has 0 saturated heterocycles. The molecule has 0 N–H and O–H groups in total. The zero-order chi connectivity index (χ0) is 11.7. The van der Waals surface area contributed by atoms with Crippen molar-refractivity contribution < 1.29 is 9.53 Å². The summed E-state index contributed by atoms with van der Waals surface area (Å²) in [5.41, 5.74) is -0.0745. The summed E-state index contributed by atoms with van der Waals surface area (Å²) in [5, 5.41) is 9.49. The zero-order valence-electron chi connectivity index (χ0n) is 9.27. The molecule has 3 fully saturated rings. The Kier molecular flexibility index (Phi) is 1.38. The van der Waals surface area contributed by atoms with Crippen LogP contribution < -0.4 is 4.74 Å². The van der Waals surface area contributed by atoms with Crippen molar-refractivity contribution in [3.05, 3.63) is 29.8 Å². The van der Waals surface area contributed by atoms with Gasteiger partial charge in [-0.15, -0.1) is 0 Å². The molecule has 1 heterocycles. The summed E-state index contributed by atoms with van der Waals surface area (Å²) in [6, 6.07) is 9.95. The number of hydrogen-bond acceptors (Lipinski definition) is 3. The van der Waals surface area contributed by atoms with E-state index in [4.69, 9.17) is 4.74 Å². The maximum absolute atomic E-state index is 12.2. The number of ether oxygens (including phenoxy) is 1. The quantitative estimate of drug-likeness (QED) is 0.502. The van der Waals surface area contributed by atoms with Crippen LogP contribution in [0, 0.1) is 22.7 Å². The lowest BCUT2D eigenvalue weighted by molar-refractivity contribution is -0.159. The SMILES string of the molecule is N#CC12C(=O)Oc3ccccc3C13CCC2C3. The summed E-state index contributed by atoms with van der Waals surface area (Å²) in [7, 11) is 0. The predicted molar refractivity (Wildman–Crippen MR) is 59.1 cm³/mol. The van der Waals surface area contributed by atoms with Crippen molar-refractivity contribution in [2.45, 2.75) is 24.7 Å². The Morgan fingerprint density at radius 1 is 1.41 bits per heavy atom. The van der Waals surface area contributed by atoms with E-state index in [9.17, 15) is 10.1 Å². The molecule has 5 rings (SSSR count). The Morgan fingerprint density at radius 3 is 3.00 bits per heavy atom. The van der Waals surface area contributed by atoms with Crippen molar-refractivity contribution in [3.63, 3.8) is 0 Å². The first-order chi connectivity index (χ1) is 8.24. The topological polar surface area (TPSA) is 50.1 Å². The minimum absolute atomic E-state index is 0.202. The lowest BCUT2D eigenvalue weighted by Crippen LogP contribution is -2.62. The van der Waals surface area contributed by atoms with E-state index in [2.05, 4.69) is 6.07 Å².